The molecule has 0 bridgehead atoms. The molecule has 92 valence electrons. The van der Waals surface area contributed by atoms with Crippen LogP contribution >= 0.6 is 0 Å². The molecule has 0 aliphatic carbocycles. The van der Waals surface area contributed by atoms with Crippen molar-refractivity contribution in [2.75, 3.05) is 32.2 Å². The quantitative estimate of drug-likeness (QED) is 0.648. The number of hydrogen-bond donors (Lipinski definition) is 0. The number of hydrogen-bond acceptors (Lipinski definition) is 7. The number of carbonyl (C=O) groups excluding carboxylic acids is 2. The summed E-state index contributed by atoms with van der Waals surface area (Å²) in [6, 6.07) is 1.59. The van der Waals surface area contributed by atoms with E-state index < -0.39 is 11.9 Å². The number of rotatable bonds is 5. The van der Waals surface area contributed by atoms with Gasteiger partial charge in [0.05, 0.1) is 14.2 Å². The van der Waals surface area contributed by atoms with Crippen molar-refractivity contribution in [1.82, 2.24) is 9.97 Å². The number of methoxy groups -OCH3 is 2. The van der Waals surface area contributed by atoms with Gasteiger partial charge in [-0.15, -0.1) is 0 Å². The first-order valence-electron chi connectivity index (χ1n) is 4.82. The van der Waals surface area contributed by atoms with Gasteiger partial charge in [0.25, 0.3) is 0 Å². The molecule has 1 heterocycles. The first kappa shape index (κ1) is 12.9. The Morgan fingerprint density at radius 1 is 1.24 bits per heavy atom. The standard InChI is InChI=1S/C10H13N3O4/c1-16-9(14)5-13(6-10(15)17-2)8-3-4-11-7-12-8/h3-4,7H,5-6H2,1-2H3. The van der Waals surface area contributed by atoms with Crippen LogP contribution in [-0.2, 0) is 19.1 Å². The number of carbonyl (C=O) groups is 2. The van der Waals surface area contributed by atoms with Crippen molar-refractivity contribution in [3.8, 4) is 0 Å². The Morgan fingerprint density at radius 3 is 2.24 bits per heavy atom. The third-order valence-corrected chi connectivity index (χ3v) is 1.99. The van der Waals surface area contributed by atoms with Crippen LogP contribution in [0, 0.1) is 0 Å². The lowest BCUT2D eigenvalue weighted by Crippen LogP contribution is -2.36. The Kier molecular flexibility index (Phi) is 4.86. The van der Waals surface area contributed by atoms with Crippen LogP contribution in [-0.4, -0.2) is 49.2 Å². The predicted molar refractivity (Wildman–Crippen MR) is 58.3 cm³/mol. The largest absolute Gasteiger partial charge is 0.468 e. The lowest BCUT2D eigenvalue weighted by molar-refractivity contribution is -0.140. The lowest BCUT2D eigenvalue weighted by atomic mass is 10.4. The van der Waals surface area contributed by atoms with Crippen LogP contribution < -0.4 is 4.90 Å². The fourth-order valence-corrected chi connectivity index (χ4v) is 1.13. The summed E-state index contributed by atoms with van der Waals surface area (Å²) < 4.78 is 9.08. The van der Waals surface area contributed by atoms with E-state index in [2.05, 4.69) is 19.4 Å². The Hall–Kier alpha value is -2.18. The second kappa shape index (κ2) is 6.41. The van der Waals surface area contributed by atoms with E-state index in [9.17, 15) is 9.59 Å². The fraction of sp³-hybridized carbons (Fsp3) is 0.400. The highest BCUT2D eigenvalue weighted by atomic mass is 16.5. The van der Waals surface area contributed by atoms with Gasteiger partial charge in [-0.3, -0.25) is 9.59 Å². The van der Waals surface area contributed by atoms with Crippen molar-refractivity contribution < 1.29 is 19.1 Å². The molecule has 7 heteroatoms. The van der Waals surface area contributed by atoms with Crippen molar-refractivity contribution in [3.05, 3.63) is 18.6 Å². The Balaban J connectivity index is 2.79. The Bertz CT molecular complexity index is 364. The van der Waals surface area contributed by atoms with Gasteiger partial charge in [-0.2, -0.15) is 0 Å². The van der Waals surface area contributed by atoms with E-state index >= 15 is 0 Å². The van der Waals surface area contributed by atoms with Gasteiger partial charge in [0.1, 0.15) is 25.2 Å². The molecular weight excluding hydrogens is 226 g/mol. The number of anilines is 1. The average Bonchev–Trinajstić information content (AvgIpc) is 2.38. The molecule has 17 heavy (non-hydrogen) atoms. The van der Waals surface area contributed by atoms with Crippen molar-refractivity contribution in [2.45, 2.75) is 0 Å². The Labute approximate surface area is 98.4 Å². The normalized spacial score (nSPS) is 9.53. The summed E-state index contributed by atoms with van der Waals surface area (Å²) in [4.78, 5) is 31.6. The second-order valence-electron chi connectivity index (χ2n) is 3.08. The molecule has 0 radical (unpaired) electrons. The highest BCUT2D eigenvalue weighted by molar-refractivity contribution is 5.80. The molecule has 7 nitrogen and oxygen atoms in total. The summed E-state index contributed by atoms with van der Waals surface area (Å²) >= 11 is 0. The van der Waals surface area contributed by atoms with Crippen LogP contribution in [0.3, 0.4) is 0 Å². The zero-order valence-corrected chi connectivity index (χ0v) is 9.62. The van der Waals surface area contributed by atoms with Gasteiger partial charge in [-0.1, -0.05) is 0 Å². The summed E-state index contributed by atoms with van der Waals surface area (Å²) in [5, 5.41) is 0. The van der Waals surface area contributed by atoms with Crippen LogP contribution in [0.4, 0.5) is 5.82 Å². The first-order chi connectivity index (χ1) is 8.17. The molecule has 0 aliphatic heterocycles. The van der Waals surface area contributed by atoms with Gasteiger partial charge >= 0.3 is 11.9 Å². The second-order valence-corrected chi connectivity index (χ2v) is 3.08. The van der Waals surface area contributed by atoms with Crippen molar-refractivity contribution in [3.63, 3.8) is 0 Å². The van der Waals surface area contributed by atoms with E-state index in [1.54, 1.807) is 6.07 Å². The maximum Gasteiger partial charge on any atom is 0.325 e. The van der Waals surface area contributed by atoms with Crippen LogP contribution in [0.5, 0.6) is 0 Å². The summed E-state index contributed by atoms with van der Waals surface area (Å²) in [6.07, 6.45) is 2.85. The predicted octanol–water partition coefficient (Wildman–Crippen LogP) is -0.371. The van der Waals surface area contributed by atoms with E-state index in [1.807, 2.05) is 0 Å². The third kappa shape index (κ3) is 4.06. The minimum absolute atomic E-state index is 0.0807. The first-order valence-corrected chi connectivity index (χ1v) is 4.82. The zero-order chi connectivity index (χ0) is 12.7. The van der Waals surface area contributed by atoms with Crippen molar-refractivity contribution >= 4 is 17.8 Å². The Morgan fingerprint density at radius 2 is 1.82 bits per heavy atom. The molecule has 0 aliphatic rings. The van der Waals surface area contributed by atoms with Gasteiger partial charge in [-0.05, 0) is 6.07 Å². The molecule has 0 spiro atoms. The third-order valence-electron chi connectivity index (χ3n) is 1.99. The lowest BCUT2D eigenvalue weighted by Gasteiger charge is -2.20. The molecule has 0 aromatic carbocycles. The van der Waals surface area contributed by atoms with E-state index in [0.29, 0.717) is 5.82 Å². The minimum Gasteiger partial charge on any atom is -0.468 e. The van der Waals surface area contributed by atoms with Gasteiger partial charge in [0.15, 0.2) is 0 Å². The summed E-state index contributed by atoms with van der Waals surface area (Å²) in [5.74, 6) is -0.476. The SMILES string of the molecule is COC(=O)CN(CC(=O)OC)c1ccncn1. The molecule has 1 rings (SSSR count). The number of ether oxygens (including phenoxy) is 2. The van der Waals surface area contributed by atoms with Gasteiger partial charge in [-0.25, -0.2) is 9.97 Å². The van der Waals surface area contributed by atoms with Gasteiger partial charge in [0.2, 0.25) is 0 Å². The monoisotopic (exact) mass is 239 g/mol. The average molecular weight is 239 g/mol. The minimum atomic E-state index is -0.465. The van der Waals surface area contributed by atoms with Crippen LogP contribution in [0.15, 0.2) is 18.6 Å². The van der Waals surface area contributed by atoms with E-state index in [1.165, 1.54) is 31.6 Å². The smallest absolute Gasteiger partial charge is 0.325 e. The molecule has 0 fully saturated rings. The molecule has 0 unspecified atom stereocenters. The molecule has 0 saturated carbocycles. The summed E-state index contributed by atoms with van der Waals surface area (Å²) in [7, 11) is 2.55. The summed E-state index contributed by atoms with van der Waals surface area (Å²) in [5.41, 5.74) is 0. The highest BCUT2D eigenvalue weighted by Gasteiger charge is 2.16. The molecule has 0 N–H and O–H groups in total. The highest BCUT2D eigenvalue weighted by Crippen LogP contribution is 2.07. The topological polar surface area (TPSA) is 81.6 Å². The van der Waals surface area contributed by atoms with Gasteiger partial charge < -0.3 is 14.4 Å². The maximum atomic E-state index is 11.2. The van der Waals surface area contributed by atoms with E-state index in [-0.39, 0.29) is 13.1 Å². The number of nitrogens with zero attached hydrogens (tertiary/aromatic N) is 3. The molecule has 0 atom stereocenters. The van der Waals surface area contributed by atoms with Crippen LogP contribution in [0.1, 0.15) is 0 Å². The zero-order valence-electron chi connectivity index (χ0n) is 9.62. The van der Waals surface area contributed by atoms with Crippen LogP contribution in [0.2, 0.25) is 0 Å². The van der Waals surface area contributed by atoms with Crippen LogP contribution in [0.25, 0.3) is 0 Å². The van der Waals surface area contributed by atoms with E-state index in [4.69, 9.17) is 0 Å². The molecule has 1 aromatic heterocycles. The molecule has 0 amide bonds. The molecule has 0 saturated heterocycles. The number of esters is 2. The van der Waals surface area contributed by atoms with Crippen molar-refractivity contribution in [1.29, 1.82) is 0 Å². The van der Waals surface area contributed by atoms with Crippen molar-refractivity contribution in [2.24, 2.45) is 0 Å². The van der Waals surface area contributed by atoms with Gasteiger partial charge in [0, 0.05) is 6.20 Å². The molecular formula is C10H13N3O4. The maximum absolute atomic E-state index is 11.2. The number of aromatic nitrogens is 2. The fourth-order valence-electron chi connectivity index (χ4n) is 1.13. The summed E-state index contributed by atoms with van der Waals surface area (Å²) in [6.45, 7) is -0.161. The molecule has 1 aromatic rings. The van der Waals surface area contributed by atoms with E-state index in [0.717, 1.165) is 0 Å².